The van der Waals surface area contributed by atoms with Crippen LogP contribution in [0.3, 0.4) is 0 Å². The quantitative estimate of drug-likeness (QED) is 0.512. The Labute approximate surface area is 137 Å². The van der Waals surface area contributed by atoms with Gasteiger partial charge in [-0.05, 0) is 52.4 Å². The number of aromatic nitrogens is 2. The molecule has 0 amide bonds. The van der Waals surface area contributed by atoms with Crippen molar-refractivity contribution in [1.82, 2.24) is 9.55 Å². The summed E-state index contributed by atoms with van der Waals surface area (Å²) in [4.78, 5) is 3.00. The Balaban J connectivity index is 2.46. The molecule has 0 radical (unpaired) electrons. The highest BCUT2D eigenvalue weighted by Gasteiger charge is 2.15. The monoisotopic (exact) mass is 390 g/mol. The van der Waals surface area contributed by atoms with E-state index in [0.717, 1.165) is 0 Å². The van der Waals surface area contributed by atoms with Crippen LogP contribution in [0.5, 0.6) is 0 Å². The minimum Gasteiger partial charge on any atom is -0.330 e. The number of aromatic amines is 1. The molecule has 1 N–H and O–H groups in total. The van der Waals surface area contributed by atoms with Crippen LogP contribution in [0.1, 0.15) is 0 Å². The molecule has 0 aliphatic heterocycles. The molecule has 3 aromatic rings. The first-order valence-electron chi connectivity index (χ1n) is 5.53. The molecule has 0 aliphatic rings. The standard InChI is InChI=1S/C13H6BrCl2FN2S/c14-6-2-1-3-9(17)12(6)19-11-5-8(16)7(15)4-10(11)18-13(19)20/h1-5H,(H,18,20). The first kappa shape index (κ1) is 14.1. The molecule has 0 atom stereocenters. The summed E-state index contributed by atoms with van der Waals surface area (Å²) in [5, 5.41) is 0.796. The SMILES string of the molecule is Fc1cccc(Br)c1-n1c(=S)[nH]c2cc(Cl)c(Cl)cc21. The van der Waals surface area contributed by atoms with E-state index in [1.54, 1.807) is 28.8 Å². The van der Waals surface area contributed by atoms with Gasteiger partial charge in [-0.15, -0.1) is 0 Å². The Hall–Kier alpha value is -0.880. The minimum atomic E-state index is -0.387. The van der Waals surface area contributed by atoms with Crippen molar-refractivity contribution in [2.75, 3.05) is 0 Å². The highest BCUT2D eigenvalue weighted by Crippen LogP contribution is 2.32. The smallest absolute Gasteiger partial charge is 0.182 e. The van der Waals surface area contributed by atoms with Gasteiger partial charge in [-0.3, -0.25) is 4.57 Å². The average Bonchev–Trinajstić information content (AvgIpc) is 2.67. The van der Waals surface area contributed by atoms with E-state index >= 15 is 0 Å². The molecule has 20 heavy (non-hydrogen) atoms. The van der Waals surface area contributed by atoms with Crippen LogP contribution in [0, 0.1) is 10.6 Å². The van der Waals surface area contributed by atoms with Crippen molar-refractivity contribution in [1.29, 1.82) is 0 Å². The summed E-state index contributed by atoms with van der Waals surface area (Å²) < 4.78 is 16.7. The molecule has 0 saturated heterocycles. The second kappa shape index (κ2) is 5.15. The van der Waals surface area contributed by atoms with Crippen LogP contribution < -0.4 is 0 Å². The lowest BCUT2D eigenvalue weighted by Gasteiger charge is -2.09. The fourth-order valence-corrected chi connectivity index (χ4v) is 3.17. The Morgan fingerprint density at radius 1 is 1.20 bits per heavy atom. The maximum Gasteiger partial charge on any atom is 0.182 e. The zero-order valence-electron chi connectivity index (χ0n) is 9.75. The molecule has 2 aromatic carbocycles. The summed E-state index contributed by atoms with van der Waals surface area (Å²) >= 11 is 20.6. The highest BCUT2D eigenvalue weighted by molar-refractivity contribution is 9.10. The molecular formula is C13H6BrCl2FN2S. The number of nitrogens with zero attached hydrogens (tertiary/aromatic N) is 1. The van der Waals surface area contributed by atoms with Gasteiger partial charge in [-0.1, -0.05) is 29.3 Å². The molecule has 0 fully saturated rings. The Morgan fingerprint density at radius 2 is 1.90 bits per heavy atom. The number of para-hydroxylation sites is 1. The number of imidazole rings is 1. The van der Waals surface area contributed by atoms with Gasteiger partial charge >= 0.3 is 0 Å². The van der Waals surface area contributed by atoms with Crippen LogP contribution in [0.4, 0.5) is 4.39 Å². The zero-order valence-corrected chi connectivity index (χ0v) is 13.7. The summed E-state index contributed by atoms with van der Waals surface area (Å²) in [7, 11) is 0. The van der Waals surface area contributed by atoms with Crippen LogP contribution >= 0.6 is 51.3 Å². The summed E-state index contributed by atoms with van der Waals surface area (Å²) in [5.74, 6) is -0.387. The number of H-pyrrole nitrogens is 1. The topological polar surface area (TPSA) is 20.7 Å². The summed E-state index contributed by atoms with van der Waals surface area (Å²) in [6.07, 6.45) is 0. The molecule has 102 valence electrons. The summed E-state index contributed by atoms with van der Waals surface area (Å²) in [6.45, 7) is 0. The molecule has 3 rings (SSSR count). The van der Waals surface area contributed by atoms with Crippen LogP contribution in [-0.2, 0) is 0 Å². The predicted octanol–water partition coefficient (Wildman–Crippen LogP) is 5.90. The highest BCUT2D eigenvalue weighted by atomic mass is 79.9. The normalized spacial score (nSPS) is 11.2. The van der Waals surface area contributed by atoms with Gasteiger partial charge in [0.2, 0.25) is 0 Å². The van der Waals surface area contributed by atoms with Gasteiger partial charge in [-0.2, -0.15) is 0 Å². The van der Waals surface area contributed by atoms with Crippen molar-refractivity contribution in [3.05, 3.63) is 55.4 Å². The number of fused-ring (bicyclic) bond motifs is 1. The first-order chi connectivity index (χ1) is 9.49. The molecule has 0 unspecified atom stereocenters. The summed E-state index contributed by atoms with van der Waals surface area (Å²) in [5.41, 5.74) is 1.69. The lowest BCUT2D eigenvalue weighted by molar-refractivity contribution is 0.617. The fraction of sp³-hybridized carbons (Fsp3) is 0. The summed E-state index contributed by atoms with van der Waals surface area (Å²) in [6, 6.07) is 8.06. The Kier molecular flexibility index (Phi) is 3.62. The first-order valence-corrected chi connectivity index (χ1v) is 7.49. The van der Waals surface area contributed by atoms with Crippen molar-refractivity contribution in [3.63, 3.8) is 0 Å². The van der Waals surface area contributed by atoms with Gasteiger partial charge in [0.05, 0.1) is 26.8 Å². The second-order valence-electron chi connectivity index (χ2n) is 4.12. The van der Waals surface area contributed by atoms with Crippen LogP contribution in [0.15, 0.2) is 34.8 Å². The van der Waals surface area contributed by atoms with Gasteiger partial charge in [0.1, 0.15) is 5.82 Å². The van der Waals surface area contributed by atoms with Crippen molar-refractivity contribution < 1.29 is 4.39 Å². The maximum atomic E-state index is 14.1. The number of rotatable bonds is 1. The van der Waals surface area contributed by atoms with Crippen molar-refractivity contribution in [2.24, 2.45) is 0 Å². The third-order valence-corrected chi connectivity index (χ3v) is 4.53. The van der Waals surface area contributed by atoms with Gasteiger partial charge in [-0.25, -0.2) is 4.39 Å². The minimum absolute atomic E-state index is 0.335. The number of halogens is 4. The van der Waals surface area contributed by atoms with E-state index in [1.165, 1.54) is 6.07 Å². The third kappa shape index (κ3) is 2.19. The number of hydrogen-bond acceptors (Lipinski definition) is 1. The number of benzene rings is 2. The molecule has 2 nitrogen and oxygen atoms in total. The molecular weight excluding hydrogens is 386 g/mol. The average molecular weight is 392 g/mol. The molecule has 1 aromatic heterocycles. The molecule has 0 aliphatic carbocycles. The van der Waals surface area contributed by atoms with E-state index in [9.17, 15) is 4.39 Å². The van der Waals surface area contributed by atoms with Crippen molar-refractivity contribution in [3.8, 4) is 5.69 Å². The Morgan fingerprint density at radius 3 is 2.60 bits per heavy atom. The van der Waals surface area contributed by atoms with Crippen molar-refractivity contribution in [2.45, 2.75) is 0 Å². The largest absolute Gasteiger partial charge is 0.330 e. The van der Waals surface area contributed by atoms with E-state index in [0.29, 0.717) is 36.0 Å². The lowest BCUT2D eigenvalue weighted by atomic mass is 10.2. The molecule has 0 saturated carbocycles. The number of nitrogens with one attached hydrogen (secondary N) is 1. The Bertz CT molecular complexity index is 868. The van der Waals surface area contributed by atoms with Gasteiger partial charge in [0.15, 0.2) is 4.77 Å². The van der Waals surface area contributed by atoms with Gasteiger partial charge in [0.25, 0.3) is 0 Å². The van der Waals surface area contributed by atoms with Crippen LogP contribution in [0.25, 0.3) is 16.7 Å². The fourth-order valence-electron chi connectivity index (χ4n) is 2.03. The number of hydrogen-bond donors (Lipinski definition) is 1. The maximum absolute atomic E-state index is 14.1. The zero-order chi connectivity index (χ0) is 14.4. The van der Waals surface area contributed by atoms with Gasteiger partial charge < -0.3 is 4.98 Å². The van der Waals surface area contributed by atoms with Gasteiger partial charge in [0, 0.05) is 4.47 Å². The lowest BCUT2D eigenvalue weighted by Crippen LogP contribution is -1.99. The van der Waals surface area contributed by atoms with Crippen LogP contribution in [0.2, 0.25) is 10.0 Å². The van der Waals surface area contributed by atoms with Crippen molar-refractivity contribution >= 4 is 62.4 Å². The van der Waals surface area contributed by atoms with E-state index < -0.39 is 0 Å². The van der Waals surface area contributed by atoms with E-state index in [1.807, 2.05) is 0 Å². The molecule has 0 spiro atoms. The molecule has 7 heteroatoms. The van der Waals surface area contributed by atoms with E-state index in [2.05, 4.69) is 20.9 Å². The van der Waals surface area contributed by atoms with E-state index in [-0.39, 0.29) is 5.82 Å². The molecule has 1 heterocycles. The second-order valence-corrected chi connectivity index (χ2v) is 6.17. The van der Waals surface area contributed by atoms with E-state index in [4.69, 9.17) is 35.4 Å². The predicted molar refractivity (Wildman–Crippen MR) is 86.1 cm³/mol. The third-order valence-electron chi connectivity index (χ3n) is 2.89. The molecule has 0 bridgehead atoms. The van der Waals surface area contributed by atoms with Crippen LogP contribution in [-0.4, -0.2) is 9.55 Å².